The molecule has 7 nitrogen and oxygen atoms in total. The predicted octanol–water partition coefficient (Wildman–Crippen LogP) is 6.94. The monoisotopic (exact) mass is 537 g/mol. The van der Waals surface area contributed by atoms with Gasteiger partial charge in [-0.3, -0.25) is 14.4 Å². The maximum absolute atomic E-state index is 12.3. The molecule has 0 bridgehead atoms. The van der Waals surface area contributed by atoms with E-state index in [1.807, 2.05) is 38.4 Å². The molecule has 0 heterocycles. The average molecular weight is 538 g/mol. The van der Waals surface area contributed by atoms with Gasteiger partial charge < -0.3 is 19.1 Å². The van der Waals surface area contributed by atoms with E-state index in [2.05, 4.69) is 18.7 Å². The van der Waals surface area contributed by atoms with Crippen LogP contribution in [0.15, 0.2) is 24.3 Å². The Morgan fingerprint density at radius 2 is 1.11 bits per heavy atom. The third-order valence-corrected chi connectivity index (χ3v) is 6.02. The highest BCUT2D eigenvalue weighted by atomic mass is 16.5. The Morgan fingerprint density at radius 1 is 0.632 bits per heavy atom. The van der Waals surface area contributed by atoms with E-state index >= 15 is 0 Å². The van der Waals surface area contributed by atoms with Crippen LogP contribution in [0, 0.1) is 0 Å². The van der Waals surface area contributed by atoms with E-state index in [1.165, 1.54) is 0 Å². The van der Waals surface area contributed by atoms with Gasteiger partial charge in [0, 0.05) is 19.3 Å². The molecule has 38 heavy (non-hydrogen) atoms. The molecule has 0 atom stereocenters. The lowest BCUT2D eigenvalue weighted by Crippen LogP contribution is -2.20. The fraction of sp³-hybridized carbons (Fsp3) is 0.774. The number of ether oxygens (including phenoxy) is 3. The van der Waals surface area contributed by atoms with Gasteiger partial charge in [0.25, 0.3) is 0 Å². The van der Waals surface area contributed by atoms with Gasteiger partial charge in [0.1, 0.15) is 19.3 Å². The summed E-state index contributed by atoms with van der Waals surface area (Å²) in [7, 11) is 3.98. The molecule has 0 saturated carbocycles. The molecule has 0 fully saturated rings. The van der Waals surface area contributed by atoms with Gasteiger partial charge in [0.2, 0.25) is 0 Å². The Bertz CT molecular complexity index is 617. The van der Waals surface area contributed by atoms with E-state index in [1.54, 1.807) is 0 Å². The fourth-order valence-corrected chi connectivity index (χ4v) is 3.81. The van der Waals surface area contributed by atoms with E-state index in [0.29, 0.717) is 32.5 Å². The van der Waals surface area contributed by atoms with E-state index in [9.17, 15) is 14.4 Å². The molecule has 0 rings (SSSR count). The molecule has 0 radical (unpaired) electrons. The standard InChI is InChI=1S/C31H55NO6/c1-5-7-9-17-26-36-29(33)22-15-11-13-20-28(38-31(35)24-19-25-32(3)4)21-14-12-16-23-30(34)37-27-18-10-8-6-2/h9-10,17-18,28H,5-8,11-16,19-27H2,1-4H3/b17-9-,18-10-. The van der Waals surface area contributed by atoms with Crippen molar-refractivity contribution in [2.75, 3.05) is 33.9 Å². The SMILES string of the molecule is CCC/C=C\COC(=O)CCCCCC(CCCCCC(=O)OC/C=C\CCC)OC(=O)CCCN(C)C. The Morgan fingerprint density at radius 3 is 1.55 bits per heavy atom. The number of carbonyl (C=O) groups is 3. The molecule has 0 aromatic carbocycles. The zero-order valence-electron chi connectivity index (χ0n) is 24.7. The lowest BCUT2D eigenvalue weighted by atomic mass is 10.0. The van der Waals surface area contributed by atoms with Gasteiger partial charge >= 0.3 is 17.9 Å². The third-order valence-electron chi connectivity index (χ3n) is 6.02. The number of hydrogen-bond acceptors (Lipinski definition) is 7. The second-order valence-electron chi connectivity index (χ2n) is 10.1. The summed E-state index contributed by atoms with van der Waals surface area (Å²) in [4.78, 5) is 38.1. The average Bonchev–Trinajstić information content (AvgIpc) is 2.87. The number of nitrogens with zero attached hydrogens (tertiary/aromatic N) is 1. The fourth-order valence-electron chi connectivity index (χ4n) is 3.81. The van der Waals surface area contributed by atoms with Crippen molar-refractivity contribution >= 4 is 17.9 Å². The molecule has 7 heteroatoms. The second kappa shape index (κ2) is 26.5. The number of unbranched alkanes of at least 4 members (excludes halogenated alkanes) is 6. The first-order valence-electron chi connectivity index (χ1n) is 14.8. The summed E-state index contributed by atoms with van der Waals surface area (Å²) in [6.07, 6.45) is 20.7. The van der Waals surface area contributed by atoms with Crippen LogP contribution in [0.5, 0.6) is 0 Å². The molecule has 0 amide bonds. The quantitative estimate of drug-likeness (QED) is 0.0540. The minimum Gasteiger partial charge on any atom is -0.462 e. The summed E-state index contributed by atoms with van der Waals surface area (Å²) in [5.74, 6) is -0.465. The van der Waals surface area contributed by atoms with Gasteiger partial charge in [-0.2, -0.15) is 0 Å². The van der Waals surface area contributed by atoms with Crippen molar-refractivity contribution in [3.63, 3.8) is 0 Å². The Labute approximate surface area is 232 Å². The topological polar surface area (TPSA) is 82.1 Å². The van der Waals surface area contributed by atoms with E-state index < -0.39 is 0 Å². The van der Waals surface area contributed by atoms with E-state index in [-0.39, 0.29) is 24.0 Å². The van der Waals surface area contributed by atoms with Gasteiger partial charge in [-0.1, -0.05) is 63.8 Å². The lowest BCUT2D eigenvalue weighted by Gasteiger charge is -2.18. The molecule has 0 unspecified atom stereocenters. The highest BCUT2D eigenvalue weighted by Crippen LogP contribution is 2.17. The van der Waals surface area contributed by atoms with Crippen LogP contribution in [0.4, 0.5) is 0 Å². The van der Waals surface area contributed by atoms with Crippen molar-refractivity contribution in [3.05, 3.63) is 24.3 Å². The molecule has 0 aromatic rings. The molecular formula is C31H55NO6. The normalized spacial score (nSPS) is 11.6. The largest absolute Gasteiger partial charge is 0.462 e. The molecule has 0 aliphatic carbocycles. The summed E-state index contributed by atoms with van der Waals surface area (Å²) < 4.78 is 16.2. The highest BCUT2D eigenvalue weighted by Gasteiger charge is 2.15. The van der Waals surface area contributed by atoms with Crippen LogP contribution >= 0.6 is 0 Å². The predicted molar refractivity (Wildman–Crippen MR) is 154 cm³/mol. The summed E-state index contributed by atoms with van der Waals surface area (Å²) in [5, 5.41) is 0. The molecule has 220 valence electrons. The van der Waals surface area contributed by atoms with Crippen LogP contribution in [0.25, 0.3) is 0 Å². The van der Waals surface area contributed by atoms with Crippen molar-refractivity contribution in [2.45, 2.75) is 123 Å². The number of esters is 3. The van der Waals surface area contributed by atoms with E-state index in [0.717, 1.165) is 90.0 Å². The van der Waals surface area contributed by atoms with Crippen LogP contribution < -0.4 is 0 Å². The van der Waals surface area contributed by atoms with Crippen molar-refractivity contribution in [3.8, 4) is 0 Å². The molecule has 0 N–H and O–H groups in total. The molecule has 0 saturated heterocycles. The molecule has 0 aromatic heterocycles. The first-order chi connectivity index (χ1) is 18.4. The van der Waals surface area contributed by atoms with Gasteiger partial charge in [0.15, 0.2) is 0 Å². The smallest absolute Gasteiger partial charge is 0.306 e. The van der Waals surface area contributed by atoms with E-state index in [4.69, 9.17) is 14.2 Å². The highest BCUT2D eigenvalue weighted by molar-refractivity contribution is 5.70. The minimum atomic E-state index is -0.162. The van der Waals surface area contributed by atoms with Crippen LogP contribution in [-0.4, -0.2) is 62.8 Å². The van der Waals surface area contributed by atoms with Crippen LogP contribution in [-0.2, 0) is 28.6 Å². The van der Waals surface area contributed by atoms with Crippen LogP contribution in [0.1, 0.15) is 117 Å². The van der Waals surface area contributed by atoms with Gasteiger partial charge in [-0.15, -0.1) is 0 Å². The molecule has 0 aliphatic heterocycles. The summed E-state index contributed by atoms with van der Waals surface area (Å²) in [5.41, 5.74) is 0. The third kappa shape index (κ3) is 25.5. The van der Waals surface area contributed by atoms with Crippen LogP contribution in [0.3, 0.4) is 0 Å². The zero-order chi connectivity index (χ0) is 28.3. The number of carbonyl (C=O) groups excluding carboxylic acids is 3. The lowest BCUT2D eigenvalue weighted by molar-refractivity contribution is -0.150. The van der Waals surface area contributed by atoms with Crippen LogP contribution in [0.2, 0.25) is 0 Å². The van der Waals surface area contributed by atoms with Crippen molar-refractivity contribution in [2.24, 2.45) is 0 Å². The summed E-state index contributed by atoms with van der Waals surface area (Å²) >= 11 is 0. The molecular weight excluding hydrogens is 482 g/mol. The maximum atomic E-state index is 12.3. The Hall–Kier alpha value is -2.15. The number of allylic oxidation sites excluding steroid dienone is 2. The number of rotatable bonds is 25. The maximum Gasteiger partial charge on any atom is 0.306 e. The van der Waals surface area contributed by atoms with Gasteiger partial charge in [0.05, 0.1) is 0 Å². The molecule has 0 spiro atoms. The zero-order valence-corrected chi connectivity index (χ0v) is 24.7. The summed E-state index contributed by atoms with van der Waals surface area (Å²) in [6.45, 7) is 5.77. The van der Waals surface area contributed by atoms with Gasteiger partial charge in [-0.25, -0.2) is 0 Å². The van der Waals surface area contributed by atoms with Crippen molar-refractivity contribution in [1.82, 2.24) is 4.90 Å². The van der Waals surface area contributed by atoms with Gasteiger partial charge in [-0.05, 0) is 78.4 Å². The first-order valence-corrected chi connectivity index (χ1v) is 14.8. The minimum absolute atomic E-state index is 0.117. The van der Waals surface area contributed by atoms with Crippen molar-refractivity contribution in [1.29, 1.82) is 0 Å². The first kappa shape index (κ1) is 35.9. The summed E-state index contributed by atoms with van der Waals surface area (Å²) in [6, 6.07) is 0. The number of hydrogen-bond donors (Lipinski definition) is 0. The second-order valence-corrected chi connectivity index (χ2v) is 10.1. The Kier molecular flexibility index (Phi) is 25.0. The van der Waals surface area contributed by atoms with Crippen molar-refractivity contribution < 1.29 is 28.6 Å². The Balaban J connectivity index is 4.27. The molecule has 0 aliphatic rings.